The molecule has 2 aromatic carbocycles. The number of nitrogens with zero attached hydrogens (tertiary/aromatic N) is 3. The van der Waals surface area contributed by atoms with Gasteiger partial charge in [0.05, 0.1) is 5.57 Å². The Morgan fingerprint density at radius 3 is 2.70 bits per heavy atom. The molecule has 1 aliphatic heterocycles. The van der Waals surface area contributed by atoms with E-state index in [2.05, 4.69) is 15.4 Å². The Labute approximate surface area is 161 Å². The fraction of sp³-hybridized carbons (Fsp3) is 0.150. The molecule has 0 bridgehead atoms. The van der Waals surface area contributed by atoms with Crippen molar-refractivity contribution in [1.82, 2.24) is 14.8 Å². The van der Waals surface area contributed by atoms with Gasteiger partial charge >= 0.3 is 5.97 Å². The van der Waals surface area contributed by atoms with Crippen molar-refractivity contribution in [2.75, 3.05) is 5.32 Å². The van der Waals surface area contributed by atoms with Gasteiger partial charge in [-0.15, -0.1) is 0 Å². The highest BCUT2D eigenvalue weighted by molar-refractivity contribution is 6.31. The highest BCUT2D eigenvalue weighted by atomic mass is 35.5. The number of aromatic nitrogens is 3. The number of esters is 1. The molecule has 136 valence electrons. The molecule has 0 amide bonds. The first-order chi connectivity index (χ1) is 13.1. The van der Waals surface area contributed by atoms with E-state index in [4.69, 9.17) is 16.3 Å². The van der Waals surface area contributed by atoms with Gasteiger partial charge in [-0.2, -0.15) is 10.1 Å². The number of carbonyl (C=O) groups excluding carboxylic acids is 1. The van der Waals surface area contributed by atoms with Crippen molar-refractivity contribution in [3.63, 3.8) is 0 Å². The Bertz CT molecular complexity index is 1010. The molecule has 0 aliphatic carbocycles. The second kappa shape index (κ2) is 7.25. The molecular weight excluding hydrogens is 364 g/mol. The number of fused-ring (bicyclic) bond motifs is 1. The van der Waals surface area contributed by atoms with E-state index in [9.17, 15) is 4.79 Å². The Hall–Kier alpha value is -3.12. The number of anilines is 1. The average molecular weight is 381 g/mol. The smallest absolute Gasteiger partial charge is 0.338 e. The average Bonchev–Trinajstić information content (AvgIpc) is 3.14. The van der Waals surface area contributed by atoms with Crippen LogP contribution in [0.5, 0.6) is 0 Å². The Morgan fingerprint density at radius 1 is 1.19 bits per heavy atom. The maximum Gasteiger partial charge on any atom is 0.338 e. The van der Waals surface area contributed by atoms with Gasteiger partial charge in [0.25, 0.3) is 0 Å². The molecule has 1 atom stereocenters. The summed E-state index contributed by atoms with van der Waals surface area (Å²) in [6, 6.07) is 16.4. The van der Waals surface area contributed by atoms with Crippen LogP contribution in [0.2, 0.25) is 5.02 Å². The van der Waals surface area contributed by atoms with Crippen molar-refractivity contribution in [1.29, 1.82) is 0 Å². The SMILES string of the molecule is CC1=C(C(=O)OCc2ccccc2)[C@H](c2ccccc2Cl)n2ncnc2N1. The van der Waals surface area contributed by atoms with E-state index in [1.807, 2.05) is 55.5 Å². The molecule has 0 radical (unpaired) electrons. The van der Waals surface area contributed by atoms with Gasteiger partial charge < -0.3 is 10.1 Å². The maximum absolute atomic E-state index is 13.0. The monoisotopic (exact) mass is 380 g/mol. The van der Waals surface area contributed by atoms with Crippen molar-refractivity contribution in [3.8, 4) is 0 Å². The van der Waals surface area contributed by atoms with E-state index in [1.165, 1.54) is 6.33 Å². The summed E-state index contributed by atoms with van der Waals surface area (Å²) in [6.45, 7) is 2.01. The van der Waals surface area contributed by atoms with Crippen LogP contribution < -0.4 is 5.32 Å². The third-order valence-electron chi connectivity index (χ3n) is 4.43. The molecule has 0 fully saturated rings. The Morgan fingerprint density at radius 2 is 1.93 bits per heavy atom. The summed E-state index contributed by atoms with van der Waals surface area (Å²) < 4.78 is 7.23. The summed E-state index contributed by atoms with van der Waals surface area (Å²) in [5.74, 6) is 0.131. The molecule has 3 aromatic rings. The van der Waals surface area contributed by atoms with Gasteiger partial charge in [0, 0.05) is 16.3 Å². The highest BCUT2D eigenvalue weighted by Gasteiger charge is 2.35. The normalized spacial score (nSPS) is 15.9. The number of rotatable bonds is 4. The maximum atomic E-state index is 13.0. The zero-order valence-corrected chi connectivity index (χ0v) is 15.3. The molecule has 4 rings (SSSR count). The summed E-state index contributed by atoms with van der Waals surface area (Å²) in [6.07, 6.45) is 1.44. The largest absolute Gasteiger partial charge is 0.457 e. The van der Waals surface area contributed by atoms with Gasteiger partial charge in [0.2, 0.25) is 5.95 Å². The number of allylic oxidation sites excluding steroid dienone is 1. The lowest BCUT2D eigenvalue weighted by Gasteiger charge is -2.28. The van der Waals surface area contributed by atoms with Crippen molar-refractivity contribution in [2.24, 2.45) is 0 Å². The van der Waals surface area contributed by atoms with Crippen LogP contribution in [0, 0.1) is 0 Å². The molecule has 6 nitrogen and oxygen atoms in total. The summed E-state index contributed by atoms with van der Waals surface area (Å²) in [5, 5.41) is 7.94. The molecule has 0 saturated heterocycles. The number of benzene rings is 2. The molecule has 2 heterocycles. The molecule has 0 spiro atoms. The summed E-state index contributed by atoms with van der Waals surface area (Å²) in [7, 11) is 0. The van der Waals surface area contributed by atoms with Gasteiger partial charge in [-0.25, -0.2) is 9.48 Å². The standard InChI is InChI=1S/C20H17ClN4O2/c1-13-17(19(26)27-11-14-7-3-2-4-8-14)18(15-9-5-6-10-16(15)21)25-20(24-13)22-12-23-25/h2-10,12,18H,11H2,1H3,(H,22,23,24)/t18-/m0/s1. The molecule has 1 aliphatic rings. The first kappa shape index (κ1) is 17.3. The van der Waals surface area contributed by atoms with Crippen LogP contribution in [0.25, 0.3) is 0 Å². The minimum absolute atomic E-state index is 0.190. The topological polar surface area (TPSA) is 69.0 Å². The van der Waals surface area contributed by atoms with Crippen molar-refractivity contribution >= 4 is 23.5 Å². The van der Waals surface area contributed by atoms with Crippen LogP contribution in [-0.2, 0) is 16.1 Å². The van der Waals surface area contributed by atoms with E-state index >= 15 is 0 Å². The van der Waals surface area contributed by atoms with Gasteiger partial charge in [0.1, 0.15) is 19.0 Å². The van der Waals surface area contributed by atoms with Crippen LogP contribution in [0.15, 0.2) is 72.2 Å². The highest BCUT2D eigenvalue weighted by Crippen LogP contribution is 2.38. The number of halogens is 1. The van der Waals surface area contributed by atoms with Gasteiger partial charge in [-0.1, -0.05) is 60.1 Å². The third-order valence-corrected chi connectivity index (χ3v) is 4.77. The van der Waals surface area contributed by atoms with Crippen LogP contribution in [0.4, 0.5) is 5.95 Å². The number of carbonyl (C=O) groups is 1. The van der Waals surface area contributed by atoms with Crippen LogP contribution in [0.1, 0.15) is 24.1 Å². The number of nitrogens with one attached hydrogen (secondary N) is 1. The quantitative estimate of drug-likeness (QED) is 0.694. The number of hydrogen-bond acceptors (Lipinski definition) is 5. The summed E-state index contributed by atoms with van der Waals surface area (Å²) in [5.41, 5.74) is 2.80. The molecule has 0 saturated carbocycles. The van der Waals surface area contributed by atoms with E-state index in [-0.39, 0.29) is 6.61 Å². The zero-order valence-electron chi connectivity index (χ0n) is 14.6. The van der Waals surface area contributed by atoms with Gasteiger partial charge in [0.15, 0.2) is 0 Å². The molecule has 27 heavy (non-hydrogen) atoms. The van der Waals surface area contributed by atoms with E-state index in [0.29, 0.717) is 22.2 Å². The second-order valence-electron chi connectivity index (χ2n) is 6.18. The van der Waals surface area contributed by atoms with Crippen molar-refractivity contribution < 1.29 is 9.53 Å². The van der Waals surface area contributed by atoms with Crippen molar-refractivity contribution in [3.05, 3.63) is 88.3 Å². The predicted molar refractivity (Wildman–Crippen MR) is 102 cm³/mol. The molecule has 7 heteroatoms. The molecular formula is C20H17ClN4O2. The predicted octanol–water partition coefficient (Wildman–Crippen LogP) is 3.96. The zero-order chi connectivity index (χ0) is 18.8. The first-order valence-corrected chi connectivity index (χ1v) is 8.85. The minimum atomic E-state index is -0.513. The molecule has 0 unspecified atom stereocenters. The van der Waals surface area contributed by atoms with E-state index < -0.39 is 12.0 Å². The lowest BCUT2D eigenvalue weighted by atomic mass is 9.96. The summed E-state index contributed by atoms with van der Waals surface area (Å²) >= 11 is 6.43. The fourth-order valence-electron chi connectivity index (χ4n) is 3.14. The minimum Gasteiger partial charge on any atom is -0.457 e. The second-order valence-corrected chi connectivity index (χ2v) is 6.58. The van der Waals surface area contributed by atoms with Gasteiger partial charge in [-0.3, -0.25) is 0 Å². The Kier molecular flexibility index (Phi) is 4.64. The number of ether oxygens (including phenoxy) is 1. The van der Waals surface area contributed by atoms with Crippen molar-refractivity contribution in [2.45, 2.75) is 19.6 Å². The Balaban J connectivity index is 1.70. The third kappa shape index (κ3) is 3.31. The van der Waals surface area contributed by atoms with E-state index in [1.54, 1.807) is 10.7 Å². The van der Waals surface area contributed by atoms with Crippen LogP contribution >= 0.6 is 11.6 Å². The number of hydrogen-bond donors (Lipinski definition) is 1. The summed E-state index contributed by atoms with van der Waals surface area (Å²) in [4.78, 5) is 17.2. The van der Waals surface area contributed by atoms with E-state index in [0.717, 1.165) is 11.1 Å². The van der Waals surface area contributed by atoms with Crippen LogP contribution in [-0.4, -0.2) is 20.7 Å². The molecule has 1 N–H and O–H groups in total. The van der Waals surface area contributed by atoms with Crippen LogP contribution in [0.3, 0.4) is 0 Å². The lowest BCUT2D eigenvalue weighted by molar-refractivity contribution is -0.140. The molecule has 1 aromatic heterocycles. The van der Waals surface area contributed by atoms with Gasteiger partial charge in [-0.05, 0) is 18.6 Å². The first-order valence-electron chi connectivity index (χ1n) is 8.48. The lowest BCUT2D eigenvalue weighted by Crippen LogP contribution is -2.29. The fourth-order valence-corrected chi connectivity index (χ4v) is 3.38.